The van der Waals surface area contributed by atoms with E-state index < -0.39 is 0 Å². The first-order valence-corrected chi connectivity index (χ1v) is 8.43. The van der Waals surface area contributed by atoms with E-state index in [2.05, 4.69) is 29.5 Å². The van der Waals surface area contributed by atoms with Gasteiger partial charge >= 0.3 is 0 Å². The maximum Gasteiger partial charge on any atom is 0.243 e. The quantitative estimate of drug-likeness (QED) is 0.342. The Morgan fingerprint density at radius 3 is 2.50 bits per heavy atom. The number of hydrogen-bond donors (Lipinski definition) is 2. The van der Waals surface area contributed by atoms with Crippen molar-refractivity contribution in [1.29, 1.82) is 0 Å². The van der Waals surface area contributed by atoms with Crippen molar-refractivity contribution in [3.63, 3.8) is 0 Å². The Kier molecular flexibility index (Phi) is 11.8. The van der Waals surface area contributed by atoms with Crippen LogP contribution in [0.15, 0.2) is 23.2 Å². The van der Waals surface area contributed by atoms with Crippen LogP contribution in [-0.2, 0) is 4.79 Å². The first-order valence-electron chi connectivity index (χ1n) is 8.43. The van der Waals surface area contributed by atoms with Gasteiger partial charge in [-0.15, -0.1) is 24.0 Å². The molecule has 0 unspecified atom stereocenters. The molecule has 2 N–H and O–H groups in total. The molecule has 26 heavy (non-hydrogen) atoms. The van der Waals surface area contributed by atoms with E-state index in [0.717, 1.165) is 12.2 Å². The standard InChI is InChI=1S/C18H30N4O3.HI/c1-7-25-15-9-8-14(10-16(15)24-6)21-18(19-11-13(2)3)20-12-17(23)22(4)5;/h8-10,13H,7,11-12H2,1-6H3,(H2,19,20,21);1H. The number of anilines is 1. The lowest BCUT2D eigenvalue weighted by Gasteiger charge is -2.16. The van der Waals surface area contributed by atoms with E-state index in [1.807, 2.05) is 25.1 Å². The van der Waals surface area contributed by atoms with E-state index in [4.69, 9.17) is 9.47 Å². The molecule has 0 aromatic heterocycles. The molecule has 1 aromatic rings. The molecule has 0 fully saturated rings. The minimum Gasteiger partial charge on any atom is -0.493 e. The third kappa shape index (κ3) is 8.59. The lowest BCUT2D eigenvalue weighted by molar-refractivity contribution is -0.127. The maximum atomic E-state index is 11.8. The van der Waals surface area contributed by atoms with E-state index in [0.29, 0.717) is 30.0 Å². The van der Waals surface area contributed by atoms with Crippen LogP contribution in [0.1, 0.15) is 20.8 Å². The van der Waals surface area contributed by atoms with Gasteiger partial charge in [-0.25, -0.2) is 4.99 Å². The molecular formula is C18H31IN4O3. The lowest BCUT2D eigenvalue weighted by Crippen LogP contribution is -2.35. The number of aliphatic imine (C=N–C) groups is 1. The van der Waals surface area contributed by atoms with Crippen LogP contribution in [0.2, 0.25) is 0 Å². The van der Waals surface area contributed by atoms with Crippen LogP contribution in [-0.4, -0.2) is 57.7 Å². The molecule has 7 nitrogen and oxygen atoms in total. The molecule has 0 heterocycles. The van der Waals surface area contributed by atoms with Crippen molar-refractivity contribution < 1.29 is 14.3 Å². The molecule has 0 aliphatic carbocycles. The fraction of sp³-hybridized carbons (Fsp3) is 0.556. The van der Waals surface area contributed by atoms with Crippen molar-refractivity contribution in [1.82, 2.24) is 10.2 Å². The van der Waals surface area contributed by atoms with Gasteiger partial charge in [0.25, 0.3) is 0 Å². The molecule has 0 saturated carbocycles. The van der Waals surface area contributed by atoms with Crippen LogP contribution < -0.4 is 20.1 Å². The van der Waals surface area contributed by atoms with Gasteiger partial charge in [0.1, 0.15) is 6.54 Å². The van der Waals surface area contributed by atoms with Crippen molar-refractivity contribution in [2.75, 3.05) is 46.2 Å². The number of nitrogens with zero attached hydrogens (tertiary/aromatic N) is 2. The molecular weight excluding hydrogens is 447 g/mol. The van der Waals surface area contributed by atoms with Gasteiger partial charge in [-0.2, -0.15) is 0 Å². The van der Waals surface area contributed by atoms with Gasteiger partial charge in [0.05, 0.1) is 13.7 Å². The SMILES string of the molecule is CCOc1ccc(NC(=NCC(=O)N(C)C)NCC(C)C)cc1OC.I. The largest absolute Gasteiger partial charge is 0.493 e. The van der Waals surface area contributed by atoms with Crippen LogP contribution in [0.4, 0.5) is 5.69 Å². The number of methoxy groups -OCH3 is 1. The number of carbonyl (C=O) groups is 1. The third-order valence-corrected chi connectivity index (χ3v) is 3.28. The second-order valence-electron chi connectivity index (χ2n) is 6.15. The predicted molar refractivity (Wildman–Crippen MR) is 117 cm³/mol. The van der Waals surface area contributed by atoms with Crippen molar-refractivity contribution in [2.45, 2.75) is 20.8 Å². The molecule has 0 saturated heterocycles. The highest BCUT2D eigenvalue weighted by Crippen LogP contribution is 2.30. The molecule has 0 aliphatic rings. The summed E-state index contributed by atoms with van der Waals surface area (Å²) in [6, 6.07) is 5.56. The second kappa shape index (κ2) is 12.6. The molecule has 0 spiro atoms. The number of carbonyl (C=O) groups excluding carboxylic acids is 1. The predicted octanol–water partition coefficient (Wildman–Crippen LogP) is 2.81. The number of rotatable bonds is 8. The van der Waals surface area contributed by atoms with Gasteiger partial charge in [-0.1, -0.05) is 13.8 Å². The summed E-state index contributed by atoms with van der Waals surface area (Å²) >= 11 is 0. The summed E-state index contributed by atoms with van der Waals surface area (Å²) in [5.74, 6) is 2.27. The molecule has 1 amide bonds. The zero-order valence-corrected chi connectivity index (χ0v) is 18.8. The average Bonchev–Trinajstić information content (AvgIpc) is 2.58. The summed E-state index contributed by atoms with van der Waals surface area (Å²) in [4.78, 5) is 17.7. The Balaban J connectivity index is 0.00000625. The third-order valence-electron chi connectivity index (χ3n) is 3.28. The molecule has 0 aliphatic heterocycles. The number of hydrogen-bond acceptors (Lipinski definition) is 4. The van der Waals surface area contributed by atoms with Gasteiger partial charge in [0, 0.05) is 32.4 Å². The average molecular weight is 478 g/mol. The van der Waals surface area contributed by atoms with Crippen molar-refractivity contribution in [3.8, 4) is 11.5 Å². The number of benzene rings is 1. The molecule has 1 aromatic carbocycles. The Bertz CT molecular complexity index is 592. The van der Waals surface area contributed by atoms with E-state index in [1.54, 1.807) is 21.2 Å². The summed E-state index contributed by atoms with van der Waals surface area (Å²) < 4.78 is 10.9. The topological polar surface area (TPSA) is 75.2 Å². The highest BCUT2D eigenvalue weighted by Gasteiger charge is 2.09. The fourth-order valence-corrected chi connectivity index (χ4v) is 1.89. The van der Waals surface area contributed by atoms with E-state index in [-0.39, 0.29) is 36.4 Å². The zero-order valence-electron chi connectivity index (χ0n) is 16.5. The highest BCUT2D eigenvalue weighted by molar-refractivity contribution is 14.0. The summed E-state index contributed by atoms with van der Waals surface area (Å²) in [5.41, 5.74) is 0.799. The lowest BCUT2D eigenvalue weighted by atomic mass is 10.2. The van der Waals surface area contributed by atoms with Crippen LogP contribution in [0, 0.1) is 5.92 Å². The van der Waals surface area contributed by atoms with Gasteiger partial charge < -0.3 is 25.0 Å². The van der Waals surface area contributed by atoms with Crippen LogP contribution in [0.5, 0.6) is 11.5 Å². The van der Waals surface area contributed by atoms with Crippen LogP contribution in [0.3, 0.4) is 0 Å². The number of halogens is 1. The highest BCUT2D eigenvalue weighted by atomic mass is 127. The van der Waals surface area contributed by atoms with Gasteiger partial charge in [-0.05, 0) is 25.0 Å². The Hall–Kier alpha value is -1.71. The minimum atomic E-state index is -0.0603. The molecule has 8 heteroatoms. The molecule has 148 valence electrons. The summed E-state index contributed by atoms with van der Waals surface area (Å²) in [6.45, 7) is 7.53. The molecule has 0 atom stereocenters. The first kappa shape index (κ1) is 24.3. The fourth-order valence-electron chi connectivity index (χ4n) is 1.89. The van der Waals surface area contributed by atoms with E-state index in [1.165, 1.54) is 4.90 Å². The second-order valence-corrected chi connectivity index (χ2v) is 6.15. The van der Waals surface area contributed by atoms with E-state index in [9.17, 15) is 4.79 Å². The van der Waals surface area contributed by atoms with Gasteiger partial charge in [-0.3, -0.25) is 4.79 Å². The smallest absolute Gasteiger partial charge is 0.243 e. The molecule has 1 rings (SSSR count). The van der Waals surface area contributed by atoms with Crippen molar-refractivity contribution >= 4 is 41.5 Å². The summed E-state index contributed by atoms with van der Waals surface area (Å²) in [5, 5.41) is 6.44. The Labute approximate surface area is 173 Å². The normalized spacial score (nSPS) is 10.8. The number of guanidine groups is 1. The van der Waals surface area contributed by atoms with Crippen LogP contribution >= 0.6 is 24.0 Å². The maximum absolute atomic E-state index is 11.8. The molecule has 0 bridgehead atoms. The summed E-state index contributed by atoms with van der Waals surface area (Å²) in [7, 11) is 5.02. The van der Waals surface area contributed by atoms with Crippen LogP contribution in [0.25, 0.3) is 0 Å². The zero-order chi connectivity index (χ0) is 18.8. The van der Waals surface area contributed by atoms with Gasteiger partial charge in [0.2, 0.25) is 5.91 Å². The molecule has 0 radical (unpaired) electrons. The minimum absolute atomic E-state index is 0. The Morgan fingerprint density at radius 2 is 1.96 bits per heavy atom. The number of amides is 1. The number of likely N-dealkylation sites (N-methyl/N-ethyl adjacent to an activating group) is 1. The van der Waals surface area contributed by atoms with Crippen molar-refractivity contribution in [3.05, 3.63) is 18.2 Å². The number of nitrogens with one attached hydrogen (secondary N) is 2. The monoisotopic (exact) mass is 478 g/mol. The first-order chi connectivity index (χ1) is 11.9. The van der Waals surface area contributed by atoms with E-state index >= 15 is 0 Å². The van der Waals surface area contributed by atoms with Gasteiger partial charge in [0.15, 0.2) is 17.5 Å². The Morgan fingerprint density at radius 1 is 1.27 bits per heavy atom. The van der Waals surface area contributed by atoms with Crippen molar-refractivity contribution in [2.24, 2.45) is 10.9 Å². The summed E-state index contributed by atoms with van der Waals surface area (Å²) in [6.07, 6.45) is 0. The number of ether oxygens (including phenoxy) is 2.